The number of hydrogen-bond donors (Lipinski definition) is 0. The van der Waals surface area contributed by atoms with E-state index in [0.29, 0.717) is 0 Å². The normalized spacial score (nSPS) is 14.2. The lowest BCUT2D eigenvalue weighted by molar-refractivity contribution is 1.28. The number of benzene rings is 8. The number of hydrogen-bond acceptors (Lipinski definition) is 2. The molecule has 2 aliphatic heterocycles. The van der Waals surface area contributed by atoms with Crippen LogP contribution in [0.2, 0.25) is 0 Å². The van der Waals surface area contributed by atoms with Crippen LogP contribution >= 0.6 is 0 Å². The summed E-state index contributed by atoms with van der Waals surface area (Å²) >= 11 is 0. The number of anilines is 6. The molecular formula is C48H31N3Si. The van der Waals surface area contributed by atoms with E-state index >= 15 is 0 Å². The monoisotopic (exact) mass is 677 g/mol. The fourth-order valence-corrected chi connectivity index (χ4v) is 15.3. The van der Waals surface area contributed by atoms with Crippen molar-refractivity contribution in [3.63, 3.8) is 0 Å². The Morgan fingerprint density at radius 3 is 1.33 bits per heavy atom. The van der Waals surface area contributed by atoms with Gasteiger partial charge in [0.25, 0.3) is 0 Å². The molecule has 0 bridgehead atoms. The van der Waals surface area contributed by atoms with Gasteiger partial charge in [-0.1, -0.05) is 133 Å². The number of fused-ring (bicyclic) bond motifs is 14. The van der Waals surface area contributed by atoms with Gasteiger partial charge in [0.2, 0.25) is 0 Å². The summed E-state index contributed by atoms with van der Waals surface area (Å²) in [7, 11) is -2.86. The third-order valence-corrected chi connectivity index (χ3v) is 16.6. The molecule has 4 heterocycles. The Kier molecular flexibility index (Phi) is 5.53. The zero-order valence-corrected chi connectivity index (χ0v) is 29.2. The van der Waals surface area contributed by atoms with Crippen molar-refractivity contribution in [3.8, 4) is 0 Å². The standard InChI is InChI=1S/C48H31N3Si/c1-2-16-32(17-3-1)49-38-22-8-12-26-43(38)52(44-27-13-9-23-39(44)49)45-28-14-10-24-40(45)50(41-25-11-15-29-46(41)52)42-31-30-34-33-18-4-6-20-36(33)51-37-21-7-5-19-35(37)47(42)48(34)51/h1-31H. The highest BCUT2D eigenvalue weighted by Gasteiger charge is 2.54. The van der Waals surface area contributed by atoms with Crippen molar-refractivity contribution in [1.29, 1.82) is 0 Å². The van der Waals surface area contributed by atoms with Crippen LogP contribution in [0.4, 0.5) is 34.1 Å². The average molecular weight is 678 g/mol. The maximum Gasteiger partial charge on any atom is 0.188 e. The second-order valence-corrected chi connectivity index (χ2v) is 17.7. The molecule has 10 aromatic rings. The largest absolute Gasteiger partial charge is 0.311 e. The Labute approximate surface area is 302 Å². The van der Waals surface area contributed by atoms with E-state index in [-0.39, 0.29) is 0 Å². The molecule has 242 valence electrons. The van der Waals surface area contributed by atoms with Crippen LogP contribution in [0.5, 0.6) is 0 Å². The number of rotatable bonds is 2. The number of nitrogens with zero attached hydrogens (tertiary/aromatic N) is 3. The second-order valence-electron chi connectivity index (χ2n) is 14.1. The molecule has 52 heavy (non-hydrogen) atoms. The number of aromatic nitrogens is 1. The first-order chi connectivity index (χ1) is 25.9. The first-order valence-corrected chi connectivity index (χ1v) is 20.0. The fraction of sp³-hybridized carbons (Fsp3) is 0. The van der Waals surface area contributed by atoms with Gasteiger partial charge in [-0.15, -0.1) is 0 Å². The highest BCUT2D eigenvalue weighted by Crippen LogP contribution is 2.49. The molecule has 0 aliphatic carbocycles. The van der Waals surface area contributed by atoms with Gasteiger partial charge in [-0.25, -0.2) is 0 Å². The summed E-state index contributed by atoms with van der Waals surface area (Å²) in [6.07, 6.45) is 0. The summed E-state index contributed by atoms with van der Waals surface area (Å²) in [5, 5.41) is 10.8. The molecule has 0 unspecified atom stereocenters. The quantitative estimate of drug-likeness (QED) is 0.169. The lowest BCUT2D eigenvalue weighted by Crippen LogP contribution is -2.79. The molecule has 3 nitrogen and oxygen atoms in total. The van der Waals surface area contributed by atoms with Crippen LogP contribution in [-0.4, -0.2) is 12.5 Å². The van der Waals surface area contributed by atoms with E-state index in [1.807, 2.05) is 0 Å². The molecule has 0 N–H and O–H groups in total. The molecule has 0 fully saturated rings. The summed E-state index contributed by atoms with van der Waals surface area (Å²) in [5.74, 6) is 0. The zero-order chi connectivity index (χ0) is 34.0. The average Bonchev–Trinajstić information content (AvgIpc) is 3.74. The Morgan fingerprint density at radius 1 is 0.308 bits per heavy atom. The molecule has 0 atom stereocenters. The van der Waals surface area contributed by atoms with Crippen molar-refractivity contribution in [2.45, 2.75) is 0 Å². The van der Waals surface area contributed by atoms with Crippen LogP contribution in [0.15, 0.2) is 188 Å². The molecule has 8 aromatic carbocycles. The molecule has 0 saturated heterocycles. The van der Waals surface area contributed by atoms with Crippen molar-refractivity contribution in [1.82, 2.24) is 4.40 Å². The first kappa shape index (κ1) is 28.1. The highest BCUT2D eigenvalue weighted by atomic mass is 28.3. The van der Waals surface area contributed by atoms with Crippen LogP contribution in [0.25, 0.3) is 38.1 Å². The minimum absolute atomic E-state index is 1.18. The lowest BCUT2D eigenvalue weighted by atomic mass is 10.0. The number of para-hydroxylation sites is 7. The smallest absolute Gasteiger partial charge is 0.188 e. The summed E-state index contributed by atoms with van der Waals surface area (Å²) in [6, 6.07) is 70.3. The first-order valence-electron chi connectivity index (χ1n) is 18.0. The van der Waals surface area contributed by atoms with Gasteiger partial charge >= 0.3 is 0 Å². The molecule has 0 amide bonds. The van der Waals surface area contributed by atoms with Crippen LogP contribution in [0.3, 0.4) is 0 Å². The molecule has 2 aromatic heterocycles. The van der Waals surface area contributed by atoms with Gasteiger partial charge in [0, 0.05) is 50.0 Å². The topological polar surface area (TPSA) is 10.9 Å². The Bertz CT molecular complexity index is 2960. The Balaban J connectivity index is 1.22. The summed E-state index contributed by atoms with van der Waals surface area (Å²) in [4.78, 5) is 5.06. The maximum atomic E-state index is 2.58. The summed E-state index contributed by atoms with van der Waals surface area (Å²) in [6.45, 7) is 0. The predicted molar refractivity (Wildman–Crippen MR) is 221 cm³/mol. The van der Waals surface area contributed by atoms with Gasteiger partial charge in [0.05, 0.1) is 22.2 Å². The van der Waals surface area contributed by atoms with E-state index < -0.39 is 8.07 Å². The van der Waals surface area contributed by atoms with Gasteiger partial charge in [0.15, 0.2) is 8.07 Å². The summed E-state index contributed by atoms with van der Waals surface area (Å²) in [5.41, 5.74) is 11.2. The minimum Gasteiger partial charge on any atom is -0.311 e. The van der Waals surface area contributed by atoms with E-state index in [2.05, 4.69) is 202 Å². The molecule has 12 rings (SSSR count). The lowest BCUT2D eigenvalue weighted by Gasteiger charge is -2.50. The highest BCUT2D eigenvalue weighted by molar-refractivity contribution is 7.23. The zero-order valence-electron chi connectivity index (χ0n) is 28.2. The SMILES string of the molecule is c1ccc(N2c3ccccc3[Si]3(c4ccccc42)c2ccccc2N(c2ccc4c5ccccc5n5c6ccccc6c2c45)c2ccccc23)cc1. The molecule has 0 saturated carbocycles. The van der Waals surface area contributed by atoms with Gasteiger partial charge < -0.3 is 14.2 Å². The van der Waals surface area contributed by atoms with Crippen LogP contribution in [0.1, 0.15) is 0 Å². The second kappa shape index (κ2) is 10.2. The van der Waals surface area contributed by atoms with Crippen molar-refractivity contribution in [2.75, 3.05) is 9.80 Å². The van der Waals surface area contributed by atoms with E-state index in [4.69, 9.17) is 0 Å². The van der Waals surface area contributed by atoms with Gasteiger partial charge in [-0.05, 0) is 75.3 Å². The van der Waals surface area contributed by atoms with Crippen molar-refractivity contribution in [3.05, 3.63) is 188 Å². The fourth-order valence-electron chi connectivity index (χ4n) is 9.82. The van der Waals surface area contributed by atoms with Crippen LogP contribution in [-0.2, 0) is 0 Å². The van der Waals surface area contributed by atoms with Crippen molar-refractivity contribution < 1.29 is 0 Å². The molecule has 1 spiro atoms. The maximum absolute atomic E-state index is 2.86. The van der Waals surface area contributed by atoms with Crippen LogP contribution in [0, 0.1) is 0 Å². The van der Waals surface area contributed by atoms with E-state index in [1.165, 1.54) is 93.0 Å². The van der Waals surface area contributed by atoms with Crippen molar-refractivity contribution in [2.24, 2.45) is 0 Å². The Morgan fingerprint density at radius 2 is 0.750 bits per heavy atom. The minimum atomic E-state index is -2.86. The van der Waals surface area contributed by atoms with Gasteiger partial charge in [0.1, 0.15) is 0 Å². The van der Waals surface area contributed by atoms with Gasteiger partial charge in [-0.2, -0.15) is 0 Å². The summed E-state index contributed by atoms with van der Waals surface area (Å²) < 4.78 is 2.49. The van der Waals surface area contributed by atoms with Crippen LogP contribution < -0.4 is 30.5 Å². The third-order valence-electron chi connectivity index (χ3n) is 11.7. The van der Waals surface area contributed by atoms with E-state index in [0.717, 1.165) is 0 Å². The predicted octanol–water partition coefficient (Wildman–Crippen LogP) is 9.78. The molecule has 0 radical (unpaired) electrons. The molecular weight excluding hydrogens is 647 g/mol. The van der Waals surface area contributed by atoms with E-state index in [9.17, 15) is 0 Å². The molecule has 4 heteroatoms. The Hall–Kier alpha value is -6.62. The third kappa shape index (κ3) is 3.35. The molecule has 2 aliphatic rings. The van der Waals surface area contributed by atoms with E-state index in [1.54, 1.807) is 0 Å². The van der Waals surface area contributed by atoms with Gasteiger partial charge in [-0.3, -0.25) is 0 Å². The van der Waals surface area contributed by atoms with Crippen molar-refractivity contribution >= 4 is 101 Å².